The highest BCUT2D eigenvalue weighted by atomic mass is 19.4. The molecule has 1 aliphatic heterocycles. The zero-order chi connectivity index (χ0) is 16.9. The number of halogens is 4. The van der Waals surface area contributed by atoms with E-state index in [4.69, 9.17) is 9.47 Å². The number of amides is 1. The van der Waals surface area contributed by atoms with E-state index in [2.05, 4.69) is 10.1 Å². The monoisotopic (exact) mass is 337 g/mol. The molecule has 1 fully saturated rings. The fourth-order valence-corrected chi connectivity index (χ4v) is 1.97. The first-order chi connectivity index (χ1) is 10.8. The Kier molecular flexibility index (Phi) is 5.78. The van der Waals surface area contributed by atoms with Crippen molar-refractivity contribution >= 4 is 5.91 Å². The summed E-state index contributed by atoms with van der Waals surface area (Å²) in [5, 5.41) is 2.37. The third kappa shape index (κ3) is 6.03. The Hall–Kier alpha value is -1.87. The normalized spacial score (nSPS) is 18.0. The van der Waals surface area contributed by atoms with Gasteiger partial charge in [0, 0.05) is 18.7 Å². The van der Waals surface area contributed by atoms with Crippen LogP contribution in [0.4, 0.5) is 17.6 Å². The number of carbonyl (C=O) groups is 1. The van der Waals surface area contributed by atoms with Crippen molar-refractivity contribution in [1.29, 1.82) is 0 Å². The van der Waals surface area contributed by atoms with Gasteiger partial charge < -0.3 is 19.5 Å². The second-order valence-electron chi connectivity index (χ2n) is 4.87. The molecular weight excluding hydrogens is 322 g/mol. The first kappa shape index (κ1) is 17.5. The largest absolute Gasteiger partial charge is 0.573 e. The predicted molar refractivity (Wildman–Crippen MR) is 70.1 cm³/mol. The van der Waals surface area contributed by atoms with E-state index >= 15 is 0 Å². The number of benzene rings is 1. The van der Waals surface area contributed by atoms with Crippen LogP contribution in [-0.2, 0) is 20.8 Å². The SMILES string of the molecule is O=C(CO[C@@H]1CCOC1)NCc1cc(OC(F)(F)F)ccc1F. The van der Waals surface area contributed by atoms with Gasteiger partial charge in [0.25, 0.3) is 0 Å². The number of nitrogens with one attached hydrogen (secondary N) is 1. The van der Waals surface area contributed by atoms with Gasteiger partial charge >= 0.3 is 6.36 Å². The number of carbonyl (C=O) groups excluding carboxylic acids is 1. The maximum atomic E-state index is 13.5. The summed E-state index contributed by atoms with van der Waals surface area (Å²) in [6, 6.07) is 2.58. The zero-order valence-electron chi connectivity index (χ0n) is 12.0. The topological polar surface area (TPSA) is 56.8 Å². The van der Waals surface area contributed by atoms with Crippen LogP contribution in [0.25, 0.3) is 0 Å². The van der Waals surface area contributed by atoms with Crippen LogP contribution in [0.5, 0.6) is 5.75 Å². The number of rotatable bonds is 6. The molecule has 1 saturated heterocycles. The Bertz CT molecular complexity index is 544. The molecule has 1 aromatic rings. The molecule has 0 aliphatic carbocycles. The zero-order valence-corrected chi connectivity index (χ0v) is 12.0. The molecule has 1 aliphatic rings. The van der Waals surface area contributed by atoms with E-state index in [0.29, 0.717) is 19.6 Å². The lowest BCUT2D eigenvalue weighted by Crippen LogP contribution is -2.30. The maximum Gasteiger partial charge on any atom is 0.573 e. The molecule has 1 aromatic carbocycles. The van der Waals surface area contributed by atoms with Crippen LogP contribution in [0, 0.1) is 5.82 Å². The summed E-state index contributed by atoms with van der Waals surface area (Å²) in [5.41, 5.74) is -0.121. The summed E-state index contributed by atoms with van der Waals surface area (Å²) in [4.78, 5) is 11.6. The lowest BCUT2D eigenvalue weighted by molar-refractivity contribution is -0.274. The number of alkyl halides is 3. The average molecular weight is 337 g/mol. The van der Waals surface area contributed by atoms with Gasteiger partial charge in [-0.15, -0.1) is 13.2 Å². The lowest BCUT2D eigenvalue weighted by atomic mass is 10.2. The van der Waals surface area contributed by atoms with E-state index in [1.807, 2.05) is 0 Å². The van der Waals surface area contributed by atoms with Crippen LogP contribution >= 0.6 is 0 Å². The molecule has 1 amide bonds. The van der Waals surface area contributed by atoms with E-state index in [9.17, 15) is 22.4 Å². The van der Waals surface area contributed by atoms with Crippen molar-refractivity contribution in [3.05, 3.63) is 29.6 Å². The van der Waals surface area contributed by atoms with Gasteiger partial charge in [-0.3, -0.25) is 4.79 Å². The van der Waals surface area contributed by atoms with E-state index in [1.165, 1.54) is 0 Å². The molecule has 2 rings (SSSR count). The van der Waals surface area contributed by atoms with Crippen molar-refractivity contribution in [3.8, 4) is 5.75 Å². The van der Waals surface area contributed by atoms with Gasteiger partial charge in [-0.1, -0.05) is 0 Å². The first-order valence-electron chi connectivity index (χ1n) is 6.84. The smallest absolute Gasteiger partial charge is 0.406 e. The number of hydrogen-bond donors (Lipinski definition) is 1. The molecule has 1 atom stereocenters. The van der Waals surface area contributed by atoms with Gasteiger partial charge in [0.05, 0.1) is 12.7 Å². The predicted octanol–water partition coefficient (Wildman–Crippen LogP) is 2.15. The third-order valence-corrected chi connectivity index (χ3v) is 3.06. The van der Waals surface area contributed by atoms with Gasteiger partial charge in [-0.25, -0.2) is 4.39 Å². The van der Waals surface area contributed by atoms with Crippen LogP contribution in [-0.4, -0.2) is 38.2 Å². The summed E-state index contributed by atoms with van der Waals surface area (Å²) >= 11 is 0. The summed E-state index contributed by atoms with van der Waals surface area (Å²) in [5.74, 6) is -1.80. The third-order valence-electron chi connectivity index (χ3n) is 3.06. The molecule has 0 saturated carbocycles. The Morgan fingerprint density at radius 1 is 1.39 bits per heavy atom. The Balaban J connectivity index is 1.83. The highest BCUT2D eigenvalue weighted by Crippen LogP contribution is 2.24. The molecule has 0 spiro atoms. The summed E-state index contributed by atoms with van der Waals surface area (Å²) in [6.07, 6.45) is -4.32. The minimum absolute atomic E-state index is 0.121. The van der Waals surface area contributed by atoms with Gasteiger partial charge in [0.2, 0.25) is 5.91 Å². The molecule has 128 valence electrons. The van der Waals surface area contributed by atoms with E-state index in [1.54, 1.807) is 0 Å². The molecule has 23 heavy (non-hydrogen) atoms. The fourth-order valence-electron chi connectivity index (χ4n) is 1.97. The van der Waals surface area contributed by atoms with Crippen molar-refractivity contribution in [2.45, 2.75) is 25.4 Å². The van der Waals surface area contributed by atoms with Gasteiger partial charge in [0.15, 0.2) is 0 Å². The molecule has 5 nitrogen and oxygen atoms in total. The molecule has 9 heteroatoms. The molecular formula is C14H15F4NO4. The second kappa shape index (κ2) is 7.60. The highest BCUT2D eigenvalue weighted by molar-refractivity contribution is 5.77. The standard InChI is InChI=1S/C14H15F4NO4/c15-12-2-1-10(23-14(16,17)18)5-9(12)6-19-13(20)8-22-11-3-4-21-7-11/h1-2,5,11H,3-4,6-8H2,(H,19,20)/t11-/m1/s1. The van der Waals surface area contributed by atoms with Crippen molar-refractivity contribution in [2.75, 3.05) is 19.8 Å². The van der Waals surface area contributed by atoms with Crippen molar-refractivity contribution < 1.29 is 36.6 Å². The van der Waals surface area contributed by atoms with Crippen molar-refractivity contribution in [3.63, 3.8) is 0 Å². The van der Waals surface area contributed by atoms with Gasteiger partial charge in [0.1, 0.15) is 18.2 Å². The van der Waals surface area contributed by atoms with E-state index in [-0.39, 0.29) is 24.8 Å². The van der Waals surface area contributed by atoms with Crippen LogP contribution < -0.4 is 10.1 Å². The average Bonchev–Trinajstić information content (AvgIpc) is 2.97. The van der Waals surface area contributed by atoms with Crippen LogP contribution in [0.3, 0.4) is 0 Å². The quantitative estimate of drug-likeness (QED) is 0.808. The fraction of sp³-hybridized carbons (Fsp3) is 0.500. The van der Waals surface area contributed by atoms with Crippen LogP contribution in [0.2, 0.25) is 0 Å². The van der Waals surface area contributed by atoms with Crippen molar-refractivity contribution in [1.82, 2.24) is 5.32 Å². The minimum atomic E-state index is -4.87. The number of hydrogen-bond acceptors (Lipinski definition) is 4. The maximum absolute atomic E-state index is 13.5. The van der Waals surface area contributed by atoms with E-state index < -0.39 is 23.8 Å². The molecule has 1 heterocycles. The van der Waals surface area contributed by atoms with Crippen molar-refractivity contribution in [2.24, 2.45) is 0 Å². The lowest BCUT2D eigenvalue weighted by Gasteiger charge is -2.12. The summed E-state index contributed by atoms with van der Waals surface area (Å²) in [7, 11) is 0. The Labute approximate surface area is 129 Å². The minimum Gasteiger partial charge on any atom is -0.406 e. The van der Waals surface area contributed by atoms with E-state index in [0.717, 1.165) is 18.2 Å². The van der Waals surface area contributed by atoms with Gasteiger partial charge in [-0.05, 0) is 24.6 Å². The highest BCUT2D eigenvalue weighted by Gasteiger charge is 2.31. The van der Waals surface area contributed by atoms with Gasteiger partial charge in [-0.2, -0.15) is 0 Å². The molecule has 0 radical (unpaired) electrons. The number of ether oxygens (including phenoxy) is 3. The summed E-state index contributed by atoms with van der Waals surface area (Å²) < 4.78 is 64.0. The molecule has 0 aromatic heterocycles. The Morgan fingerprint density at radius 2 is 2.17 bits per heavy atom. The molecule has 1 N–H and O–H groups in total. The molecule has 0 bridgehead atoms. The van der Waals surface area contributed by atoms with Crippen LogP contribution in [0.1, 0.15) is 12.0 Å². The first-order valence-corrected chi connectivity index (χ1v) is 6.84. The molecule has 0 unspecified atom stereocenters. The summed E-state index contributed by atoms with van der Waals surface area (Å²) in [6.45, 7) is 0.487. The Morgan fingerprint density at radius 3 is 2.83 bits per heavy atom. The second-order valence-corrected chi connectivity index (χ2v) is 4.87. The van der Waals surface area contributed by atoms with Crippen LogP contribution in [0.15, 0.2) is 18.2 Å².